The van der Waals surface area contributed by atoms with E-state index in [0.717, 1.165) is 97.6 Å². The van der Waals surface area contributed by atoms with Crippen molar-refractivity contribution < 1.29 is 9.47 Å². The molecule has 0 aliphatic carbocycles. The van der Waals surface area contributed by atoms with Gasteiger partial charge in [-0.15, -0.1) is 0 Å². The van der Waals surface area contributed by atoms with E-state index in [2.05, 4.69) is 110 Å². The van der Waals surface area contributed by atoms with E-state index >= 15 is 0 Å². The van der Waals surface area contributed by atoms with E-state index in [1.165, 1.54) is 11.4 Å². The van der Waals surface area contributed by atoms with Gasteiger partial charge in [0.15, 0.2) is 0 Å². The van der Waals surface area contributed by atoms with Crippen molar-refractivity contribution in [2.45, 2.75) is 6.92 Å². The Labute approximate surface area is 241 Å². The second-order valence-electron chi connectivity index (χ2n) is 10.3. The molecular weight excluding hydrogens is 512 g/mol. The Morgan fingerprint density at radius 2 is 1.44 bits per heavy atom. The summed E-state index contributed by atoms with van der Waals surface area (Å²) in [5.41, 5.74) is 10.3. The first-order chi connectivity index (χ1) is 20.2. The SMILES string of the molecule is C=C/C(=C\C=C(/C)N1CCOCC1)c1cc(-c2cccc(-c3cc(-c4ccc(N5CCOCC5)cc4)[nH]n3)c2)n[nH]1. The zero-order valence-electron chi connectivity index (χ0n) is 23.5. The van der Waals surface area contributed by atoms with Gasteiger partial charge in [0.2, 0.25) is 0 Å². The summed E-state index contributed by atoms with van der Waals surface area (Å²) in [6.07, 6.45) is 6.08. The zero-order chi connectivity index (χ0) is 28.0. The summed E-state index contributed by atoms with van der Waals surface area (Å²) in [7, 11) is 0. The van der Waals surface area contributed by atoms with Crippen LogP contribution in [0.25, 0.3) is 39.3 Å². The van der Waals surface area contributed by atoms with Gasteiger partial charge in [-0.2, -0.15) is 10.2 Å². The molecule has 41 heavy (non-hydrogen) atoms. The van der Waals surface area contributed by atoms with Crippen LogP contribution in [0.2, 0.25) is 0 Å². The van der Waals surface area contributed by atoms with E-state index in [-0.39, 0.29) is 0 Å². The van der Waals surface area contributed by atoms with E-state index in [9.17, 15) is 0 Å². The molecule has 4 aromatic rings. The summed E-state index contributed by atoms with van der Waals surface area (Å²) in [5.74, 6) is 0. The van der Waals surface area contributed by atoms with Gasteiger partial charge in [-0.25, -0.2) is 0 Å². The molecule has 2 fully saturated rings. The average Bonchev–Trinajstić information content (AvgIpc) is 3.74. The minimum absolute atomic E-state index is 0.772. The summed E-state index contributed by atoms with van der Waals surface area (Å²) in [4.78, 5) is 4.69. The topological polar surface area (TPSA) is 82.3 Å². The van der Waals surface area contributed by atoms with Gasteiger partial charge in [0, 0.05) is 48.7 Å². The number of hydrogen-bond donors (Lipinski definition) is 2. The van der Waals surface area contributed by atoms with Crippen LogP contribution in [0.3, 0.4) is 0 Å². The molecular formula is C33H36N6O2. The lowest BCUT2D eigenvalue weighted by molar-refractivity contribution is 0.0537. The monoisotopic (exact) mass is 548 g/mol. The van der Waals surface area contributed by atoms with Crippen LogP contribution < -0.4 is 4.90 Å². The minimum Gasteiger partial charge on any atom is -0.378 e. The fraction of sp³-hybridized carbons (Fsp3) is 0.273. The maximum Gasteiger partial charge on any atom is 0.0927 e. The number of nitrogens with zero attached hydrogens (tertiary/aromatic N) is 4. The number of allylic oxidation sites excluding steroid dienone is 5. The Morgan fingerprint density at radius 3 is 2.15 bits per heavy atom. The van der Waals surface area contributed by atoms with Crippen molar-refractivity contribution in [3.8, 4) is 33.8 Å². The van der Waals surface area contributed by atoms with Gasteiger partial charge < -0.3 is 19.3 Å². The number of anilines is 1. The lowest BCUT2D eigenvalue weighted by Crippen LogP contribution is -2.36. The highest BCUT2D eigenvalue weighted by Gasteiger charge is 2.14. The van der Waals surface area contributed by atoms with Crippen LogP contribution in [0.1, 0.15) is 12.6 Å². The molecule has 210 valence electrons. The maximum absolute atomic E-state index is 5.48. The van der Waals surface area contributed by atoms with Gasteiger partial charge in [0.25, 0.3) is 0 Å². The first kappa shape index (κ1) is 26.8. The van der Waals surface area contributed by atoms with Crippen molar-refractivity contribution in [2.75, 3.05) is 57.5 Å². The number of hydrogen-bond acceptors (Lipinski definition) is 6. The first-order valence-electron chi connectivity index (χ1n) is 14.2. The second-order valence-corrected chi connectivity index (χ2v) is 10.3. The van der Waals surface area contributed by atoms with Crippen molar-refractivity contribution in [2.24, 2.45) is 0 Å². The van der Waals surface area contributed by atoms with E-state index in [4.69, 9.17) is 9.47 Å². The molecule has 2 aromatic heterocycles. The number of rotatable bonds is 8. The molecule has 0 spiro atoms. The number of aromatic nitrogens is 4. The van der Waals surface area contributed by atoms with Crippen LogP contribution in [0.5, 0.6) is 0 Å². The van der Waals surface area contributed by atoms with Gasteiger partial charge in [0.05, 0.1) is 49.2 Å². The number of ether oxygens (including phenoxy) is 2. The Morgan fingerprint density at radius 1 is 0.780 bits per heavy atom. The Kier molecular flexibility index (Phi) is 8.11. The molecule has 4 heterocycles. The predicted molar refractivity (Wildman–Crippen MR) is 164 cm³/mol. The largest absolute Gasteiger partial charge is 0.378 e. The van der Waals surface area contributed by atoms with E-state index in [0.29, 0.717) is 0 Å². The molecule has 0 saturated carbocycles. The highest BCUT2D eigenvalue weighted by Crippen LogP contribution is 2.29. The van der Waals surface area contributed by atoms with Gasteiger partial charge >= 0.3 is 0 Å². The van der Waals surface area contributed by atoms with Gasteiger partial charge in [-0.05, 0) is 54.5 Å². The second kappa shape index (κ2) is 12.4. The van der Waals surface area contributed by atoms with Gasteiger partial charge in [-0.1, -0.05) is 49.1 Å². The molecule has 6 rings (SSSR count). The first-order valence-corrected chi connectivity index (χ1v) is 14.2. The molecule has 0 bridgehead atoms. The summed E-state index contributed by atoms with van der Waals surface area (Å²) in [5, 5.41) is 15.6. The zero-order valence-corrected chi connectivity index (χ0v) is 23.5. The smallest absolute Gasteiger partial charge is 0.0927 e. The van der Waals surface area contributed by atoms with Crippen molar-refractivity contribution in [3.05, 3.63) is 96.9 Å². The Balaban J connectivity index is 1.17. The van der Waals surface area contributed by atoms with Crippen LogP contribution in [0, 0.1) is 0 Å². The lowest BCUT2D eigenvalue weighted by atomic mass is 10.0. The van der Waals surface area contributed by atoms with Gasteiger partial charge in [0.1, 0.15) is 0 Å². The lowest BCUT2D eigenvalue weighted by Gasteiger charge is -2.29. The molecule has 2 aromatic carbocycles. The van der Waals surface area contributed by atoms with Crippen molar-refractivity contribution in [1.82, 2.24) is 25.3 Å². The molecule has 2 aliphatic rings. The summed E-state index contributed by atoms with van der Waals surface area (Å²) in [6.45, 7) is 13.0. The Hall–Kier alpha value is -4.40. The van der Waals surface area contributed by atoms with E-state index in [1.807, 2.05) is 12.1 Å². The standard InChI is InChI=1S/C33H36N6O2/c1-3-25(8-7-24(2)38-13-17-40-18-14-38)30-22-32(36-34-30)27-5-4-6-28(21-27)33-23-31(35-37-33)26-9-11-29(12-10-26)39-15-19-41-20-16-39/h3-12,21-23H,1,13-20H2,2H3,(H,34,36)(H,35,37)/b24-7+,25-8+. The van der Waals surface area contributed by atoms with E-state index < -0.39 is 0 Å². The Bertz CT molecular complexity index is 1540. The van der Waals surface area contributed by atoms with Crippen molar-refractivity contribution >= 4 is 11.3 Å². The highest BCUT2D eigenvalue weighted by atomic mass is 16.5. The molecule has 2 saturated heterocycles. The predicted octanol–water partition coefficient (Wildman–Crippen LogP) is 5.78. The summed E-state index contributed by atoms with van der Waals surface area (Å²) < 4.78 is 10.9. The minimum atomic E-state index is 0.772. The fourth-order valence-corrected chi connectivity index (χ4v) is 5.25. The number of aromatic amines is 2. The molecule has 8 nitrogen and oxygen atoms in total. The number of H-pyrrole nitrogens is 2. The van der Waals surface area contributed by atoms with E-state index in [1.54, 1.807) is 0 Å². The third-order valence-corrected chi connectivity index (χ3v) is 7.71. The summed E-state index contributed by atoms with van der Waals surface area (Å²) in [6, 6.07) is 21.1. The number of benzene rings is 2. The van der Waals surface area contributed by atoms with Gasteiger partial charge in [-0.3, -0.25) is 10.2 Å². The van der Waals surface area contributed by atoms with Crippen LogP contribution in [0.4, 0.5) is 5.69 Å². The molecule has 2 aliphatic heterocycles. The third-order valence-electron chi connectivity index (χ3n) is 7.71. The highest BCUT2D eigenvalue weighted by molar-refractivity contribution is 5.77. The van der Waals surface area contributed by atoms with Crippen LogP contribution in [0.15, 0.2) is 91.2 Å². The molecule has 2 N–H and O–H groups in total. The third kappa shape index (κ3) is 6.19. The summed E-state index contributed by atoms with van der Waals surface area (Å²) >= 11 is 0. The van der Waals surface area contributed by atoms with Crippen molar-refractivity contribution in [3.63, 3.8) is 0 Å². The van der Waals surface area contributed by atoms with Crippen LogP contribution >= 0.6 is 0 Å². The molecule has 0 radical (unpaired) electrons. The molecule has 0 unspecified atom stereocenters. The fourth-order valence-electron chi connectivity index (χ4n) is 5.25. The quantitative estimate of drug-likeness (QED) is 0.272. The molecule has 8 heteroatoms. The van der Waals surface area contributed by atoms with Crippen molar-refractivity contribution in [1.29, 1.82) is 0 Å². The van der Waals surface area contributed by atoms with Crippen LogP contribution in [-0.4, -0.2) is 77.9 Å². The molecule has 0 atom stereocenters. The normalized spacial score (nSPS) is 16.7. The maximum atomic E-state index is 5.48. The van der Waals surface area contributed by atoms with Crippen LogP contribution in [-0.2, 0) is 9.47 Å². The average molecular weight is 549 g/mol. The number of nitrogens with one attached hydrogen (secondary N) is 2. The number of morpholine rings is 2. The molecule has 0 amide bonds.